The Hall–Kier alpha value is -1.46. The van der Waals surface area contributed by atoms with Gasteiger partial charge in [0.2, 0.25) is 0 Å². The highest BCUT2D eigenvalue weighted by atomic mass is 32.2. The summed E-state index contributed by atoms with van der Waals surface area (Å²) in [6, 6.07) is 6.16. The largest absolute Gasteiger partial charge is 0.496 e. The Balaban J connectivity index is 2.05. The summed E-state index contributed by atoms with van der Waals surface area (Å²) in [6.07, 6.45) is 3.88. The van der Waals surface area contributed by atoms with Crippen molar-refractivity contribution in [2.75, 3.05) is 7.11 Å². The number of nitrogens with two attached hydrogens (primary N) is 1. The molecule has 2 aromatic rings. The summed E-state index contributed by atoms with van der Waals surface area (Å²) in [5.74, 6) is 1.76. The lowest BCUT2D eigenvalue weighted by Gasteiger charge is -2.08. The van der Waals surface area contributed by atoms with E-state index in [0.29, 0.717) is 6.54 Å². The molecule has 0 aliphatic carbocycles. The summed E-state index contributed by atoms with van der Waals surface area (Å²) in [6.45, 7) is 0.499. The molecule has 4 nitrogen and oxygen atoms in total. The fourth-order valence-corrected chi connectivity index (χ4v) is 2.55. The van der Waals surface area contributed by atoms with Crippen LogP contribution in [0.15, 0.2) is 35.5 Å². The Morgan fingerprint density at radius 1 is 1.44 bits per heavy atom. The number of hydrogen-bond acceptors (Lipinski definition) is 4. The molecule has 2 N–H and O–H groups in total. The first-order chi connectivity index (χ1) is 8.72. The van der Waals surface area contributed by atoms with Gasteiger partial charge in [-0.1, -0.05) is 12.1 Å². The highest BCUT2D eigenvalue weighted by Crippen LogP contribution is 2.26. The van der Waals surface area contributed by atoms with E-state index in [2.05, 4.69) is 11.2 Å². The summed E-state index contributed by atoms with van der Waals surface area (Å²) in [5, 5.41) is 4.14. The first-order valence-corrected chi connectivity index (χ1v) is 6.69. The fourth-order valence-electron chi connectivity index (χ4n) is 1.69. The molecule has 5 heteroatoms. The molecule has 0 bridgehead atoms. The monoisotopic (exact) mass is 263 g/mol. The third kappa shape index (κ3) is 3.05. The molecule has 1 aromatic heterocycles. The van der Waals surface area contributed by atoms with Crippen molar-refractivity contribution in [3.8, 4) is 5.75 Å². The number of aryl methyl sites for hydroxylation is 1. The molecule has 0 fully saturated rings. The van der Waals surface area contributed by atoms with Crippen molar-refractivity contribution in [2.45, 2.75) is 17.2 Å². The second-order valence-corrected chi connectivity index (χ2v) is 5.04. The molecule has 0 radical (unpaired) electrons. The Morgan fingerprint density at radius 3 is 2.89 bits per heavy atom. The smallest absolute Gasteiger partial charge is 0.123 e. The van der Waals surface area contributed by atoms with Crippen molar-refractivity contribution in [1.82, 2.24) is 9.78 Å². The number of benzene rings is 1. The molecule has 0 aliphatic heterocycles. The van der Waals surface area contributed by atoms with Gasteiger partial charge in [-0.25, -0.2) is 0 Å². The van der Waals surface area contributed by atoms with E-state index < -0.39 is 0 Å². The van der Waals surface area contributed by atoms with E-state index in [-0.39, 0.29) is 0 Å². The Morgan fingerprint density at radius 2 is 2.28 bits per heavy atom. The van der Waals surface area contributed by atoms with Gasteiger partial charge >= 0.3 is 0 Å². The molecule has 0 amide bonds. The number of methoxy groups -OCH3 is 1. The molecule has 0 atom stereocenters. The van der Waals surface area contributed by atoms with Gasteiger partial charge in [-0.3, -0.25) is 4.68 Å². The minimum absolute atomic E-state index is 0.499. The molecule has 1 aromatic carbocycles. The maximum Gasteiger partial charge on any atom is 0.123 e. The van der Waals surface area contributed by atoms with E-state index in [9.17, 15) is 0 Å². The maximum absolute atomic E-state index is 5.65. The van der Waals surface area contributed by atoms with Crippen molar-refractivity contribution in [3.05, 3.63) is 41.7 Å². The average Bonchev–Trinajstić information content (AvgIpc) is 2.81. The van der Waals surface area contributed by atoms with E-state index in [4.69, 9.17) is 10.5 Å². The molecule has 96 valence electrons. The lowest BCUT2D eigenvalue weighted by molar-refractivity contribution is 0.409. The first kappa shape index (κ1) is 13.0. The Labute approximate surface area is 111 Å². The zero-order chi connectivity index (χ0) is 13.0. The average molecular weight is 263 g/mol. The van der Waals surface area contributed by atoms with Gasteiger partial charge in [-0.05, 0) is 11.6 Å². The maximum atomic E-state index is 5.65. The van der Waals surface area contributed by atoms with Crippen LogP contribution in [-0.2, 0) is 19.3 Å². The molecule has 18 heavy (non-hydrogen) atoms. The normalized spacial score (nSPS) is 10.6. The third-order valence-electron chi connectivity index (χ3n) is 2.66. The highest BCUT2D eigenvalue weighted by Gasteiger charge is 2.04. The minimum atomic E-state index is 0.499. The summed E-state index contributed by atoms with van der Waals surface area (Å²) >= 11 is 1.76. The van der Waals surface area contributed by atoms with Crippen LogP contribution in [-0.4, -0.2) is 16.9 Å². The fraction of sp³-hybridized carbons (Fsp3) is 0.308. The summed E-state index contributed by atoms with van der Waals surface area (Å²) in [7, 11) is 3.59. The van der Waals surface area contributed by atoms with Gasteiger partial charge in [-0.15, -0.1) is 11.8 Å². The van der Waals surface area contributed by atoms with Crippen LogP contribution in [0.25, 0.3) is 0 Å². The van der Waals surface area contributed by atoms with Gasteiger partial charge in [0.05, 0.1) is 13.3 Å². The van der Waals surface area contributed by atoms with E-state index in [1.807, 2.05) is 31.6 Å². The number of nitrogens with zero attached hydrogens (tertiary/aromatic N) is 2. The lowest BCUT2D eigenvalue weighted by Crippen LogP contribution is -2.00. The van der Waals surface area contributed by atoms with E-state index >= 15 is 0 Å². The molecular weight excluding hydrogens is 246 g/mol. The minimum Gasteiger partial charge on any atom is -0.496 e. The number of thioether (sulfide) groups is 1. The quantitative estimate of drug-likeness (QED) is 0.840. The van der Waals surface area contributed by atoms with Crippen molar-refractivity contribution in [2.24, 2.45) is 12.8 Å². The van der Waals surface area contributed by atoms with Gasteiger partial charge in [0.1, 0.15) is 5.75 Å². The second-order valence-electron chi connectivity index (χ2n) is 3.99. The van der Waals surface area contributed by atoms with Crippen molar-refractivity contribution < 1.29 is 4.74 Å². The Bertz CT molecular complexity index is 525. The predicted molar refractivity (Wildman–Crippen MR) is 73.7 cm³/mol. The van der Waals surface area contributed by atoms with Crippen LogP contribution in [0, 0.1) is 0 Å². The van der Waals surface area contributed by atoms with Gasteiger partial charge in [0.15, 0.2) is 0 Å². The zero-order valence-corrected chi connectivity index (χ0v) is 11.4. The number of aromatic nitrogens is 2. The predicted octanol–water partition coefficient (Wildman–Crippen LogP) is 2.18. The van der Waals surface area contributed by atoms with Crippen LogP contribution in [0.1, 0.15) is 11.1 Å². The standard InChI is InChI=1S/C13H17N3OS/c1-16-8-12(7-15-16)18-9-10-3-4-11(6-14)13(5-10)17-2/h3-5,7-8H,6,9,14H2,1-2H3. The van der Waals surface area contributed by atoms with Crippen LogP contribution < -0.4 is 10.5 Å². The number of ether oxygens (including phenoxy) is 1. The van der Waals surface area contributed by atoms with Crippen LogP contribution in [0.3, 0.4) is 0 Å². The van der Waals surface area contributed by atoms with Crippen LogP contribution in [0.4, 0.5) is 0 Å². The molecular formula is C13H17N3OS. The highest BCUT2D eigenvalue weighted by molar-refractivity contribution is 7.98. The van der Waals surface area contributed by atoms with Crippen molar-refractivity contribution in [3.63, 3.8) is 0 Å². The van der Waals surface area contributed by atoms with E-state index in [1.165, 1.54) is 10.5 Å². The summed E-state index contributed by atoms with van der Waals surface area (Å²) < 4.78 is 7.13. The van der Waals surface area contributed by atoms with Gasteiger partial charge < -0.3 is 10.5 Å². The molecule has 0 aliphatic rings. The topological polar surface area (TPSA) is 53.1 Å². The van der Waals surface area contributed by atoms with Gasteiger partial charge in [-0.2, -0.15) is 5.10 Å². The number of hydrogen-bond donors (Lipinski definition) is 1. The van der Waals surface area contributed by atoms with Crippen LogP contribution in [0.5, 0.6) is 5.75 Å². The Kier molecular flexibility index (Phi) is 4.28. The lowest BCUT2D eigenvalue weighted by atomic mass is 10.1. The van der Waals surface area contributed by atoms with Gasteiger partial charge in [0, 0.05) is 36.0 Å². The third-order valence-corrected chi connectivity index (χ3v) is 3.68. The van der Waals surface area contributed by atoms with E-state index in [0.717, 1.165) is 17.1 Å². The second kappa shape index (κ2) is 5.93. The van der Waals surface area contributed by atoms with E-state index in [1.54, 1.807) is 23.6 Å². The van der Waals surface area contributed by atoms with Gasteiger partial charge in [0.25, 0.3) is 0 Å². The van der Waals surface area contributed by atoms with Crippen molar-refractivity contribution in [1.29, 1.82) is 0 Å². The van der Waals surface area contributed by atoms with Crippen molar-refractivity contribution >= 4 is 11.8 Å². The molecule has 2 rings (SSSR count). The molecule has 0 saturated carbocycles. The number of rotatable bonds is 5. The summed E-state index contributed by atoms with van der Waals surface area (Å²) in [4.78, 5) is 1.17. The zero-order valence-electron chi connectivity index (χ0n) is 10.6. The molecule has 0 saturated heterocycles. The first-order valence-electron chi connectivity index (χ1n) is 5.70. The summed E-state index contributed by atoms with van der Waals surface area (Å²) in [5.41, 5.74) is 7.90. The van der Waals surface area contributed by atoms with Crippen LogP contribution in [0.2, 0.25) is 0 Å². The molecule has 0 spiro atoms. The van der Waals surface area contributed by atoms with Crippen LogP contribution >= 0.6 is 11.8 Å². The molecule has 1 heterocycles. The molecule has 0 unspecified atom stereocenters. The SMILES string of the molecule is COc1cc(CSc2cnn(C)c2)ccc1CN.